The highest BCUT2D eigenvalue weighted by atomic mass is 79.9. The Morgan fingerprint density at radius 2 is 1.92 bits per heavy atom. The Labute approximate surface area is 152 Å². The van der Waals surface area contributed by atoms with Crippen molar-refractivity contribution in [2.45, 2.75) is 43.9 Å². The first-order valence-electron chi connectivity index (χ1n) is 9.15. The Hall–Kier alpha value is -1.22. The van der Waals surface area contributed by atoms with Crippen molar-refractivity contribution in [3.05, 3.63) is 53.3 Å². The van der Waals surface area contributed by atoms with Gasteiger partial charge >= 0.3 is 0 Å². The van der Waals surface area contributed by atoms with E-state index < -0.39 is 0 Å². The molecule has 0 heterocycles. The molecule has 2 N–H and O–H groups in total. The Bertz CT molecular complexity index is 678. The van der Waals surface area contributed by atoms with Crippen LogP contribution in [0.4, 0.5) is 0 Å². The summed E-state index contributed by atoms with van der Waals surface area (Å²) in [6.07, 6.45) is 12.2. The average Bonchev–Trinajstić information content (AvgIpc) is 2.61. The zero-order valence-electron chi connectivity index (χ0n) is 13.9. The third kappa shape index (κ3) is 2.71. The molecular formula is C21H25BrO2. The van der Waals surface area contributed by atoms with E-state index in [0.717, 1.165) is 11.8 Å². The van der Waals surface area contributed by atoms with E-state index in [2.05, 4.69) is 28.1 Å². The third-order valence-corrected chi connectivity index (χ3v) is 7.12. The number of phenolic OH excluding ortho intramolecular Hbond substituents is 1. The summed E-state index contributed by atoms with van der Waals surface area (Å²) in [7, 11) is 0. The lowest BCUT2D eigenvalue weighted by Gasteiger charge is -2.49. The summed E-state index contributed by atoms with van der Waals surface area (Å²) in [5.74, 6) is 3.64. The lowest BCUT2D eigenvalue weighted by molar-refractivity contribution is 0.134. The Kier molecular flexibility index (Phi) is 4.46. The highest BCUT2D eigenvalue weighted by Crippen LogP contribution is 2.56. The molecule has 3 aliphatic rings. The Morgan fingerprint density at radius 1 is 1.08 bits per heavy atom. The molecule has 5 atom stereocenters. The van der Waals surface area contributed by atoms with Gasteiger partial charge in [0.15, 0.2) is 0 Å². The predicted octanol–water partition coefficient (Wildman–Crippen LogP) is 5.79. The van der Waals surface area contributed by atoms with Crippen LogP contribution >= 0.6 is 15.9 Å². The Balaban J connectivity index is 1.78. The molecule has 3 aliphatic carbocycles. The van der Waals surface area contributed by atoms with Gasteiger partial charge in [0.25, 0.3) is 0 Å². The monoisotopic (exact) mass is 388 g/mol. The molecule has 0 aromatic heterocycles. The molecule has 3 heteroatoms. The number of phenols is 1. The van der Waals surface area contributed by atoms with Crippen LogP contribution in [0.15, 0.2) is 42.2 Å². The topological polar surface area (TPSA) is 40.5 Å². The summed E-state index contributed by atoms with van der Waals surface area (Å²) in [5.41, 5.74) is 2.81. The fourth-order valence-corrected chi connectivity index (χ4v) is 6.23. The third-order valence-electron chi connectivity index (χ3n) is 6.42. The number of alkyl halides is 1. The van der Waals surface area contributed by atoms with Gasteiger partial charge in [0.05, 0.1) is 0 Å². The number of rotatable bonds is 2. The SMILES string of the molecule is OC1=CCC([C@H]2[C@H]3CCCC[C@H]3c3cc(O)ccc3[C@H]2CBr)C=C1. The minimum atomic E-state index is 0.398. The van der Waals surface area contributed by atoms with E-state index in [1.54, 1.807) is 0 Å². The van der Waals surface area contributed by atoms with Crippen LogP contribution in [-0.2, 0) is 0 Å². The lowest BCUT2D eigenvalue weighted by atomic mass is 9.56. The second-order valence-corrected chi connectivity index (χ2v) is 8.24. The van der Waals surface area contributed by atoms with Crippen LogP contribution < -0.4 is 0 Å². The first-order chi connectivity index (χ1) is 11.7. The molecule has 128 valence electrons. The van der Waals surface area contributed by atoms with Gasteiger partial charge in [0, 0.05) is 5.33 Å². The molecule has 1 fully saturated rings. The van der Waals surface area contributed by atoms with E-state index >= 15 is 0 Å². The summed E-state index contributed by atoms with van der Waals surface area (Å²) >= 11 is 3.78. The van der Waals surface area contributed by atoms with Crippen LogP contribution in [-0.4, -0.2) is 15.5 Å². The molecule has 1 aromatic rings. The van der Waals surface area contributed by atoms with Crippen LogP contribution in [0.5, 0.6) is 5.75 Å². The van der Waals surface area contributed by atoms with Crippen molar-refractivity contribution in [2.75, 3.05) is 5.33 Å². The molecule has 0 spiro atoms. The molecule has 1 aromatic carbocycles. The standard InChI is InChI=1S/C21H25BrO2/c22-12-20-17-10-9-15(24)11-19(17)16-3-1-2-4-18(16)21(20)13-5-7-14(23)8-6-13/h5,7-11,13,16,18,20-21,23-24H,1-4,6,12H2/t13?,16-,18+,20-,21+/m1/s1. The summed E-state index contributed by atoms with van der Waals surface area (Å²) in [6.45, 7) is 0. The zero-order chi connectivity index (χ0) is 16.7. The summed E-state index contributed by atoms with van der Waals surface area (Å²) < 4.78 is 0. The number of aromatic hydroxyl groups is 1. The number of fused-ring (bicyclic) bond motifs is 3. The maximum atomic E-state index is 10.0. The molecule has 24 heavy (non-hydrogen) atoms. The van der Waals surface area contributed by atoms with Crippen LogP contribution in [0.3, 0.4) is 0 Å². The molecular weight excluding hydrogens is 364 g/mol. The Morgan fingerprint density at radius 3 is 2.67 bits per heavy atom. The number of aliphatic hydroxyl groups is 1. The van der Waals surface area contributed by atoms with E-state index in [1.165, 1.54) is 36.8 Å². The van der Waals surface area contributed by atoms with Crippen molar-refractivity contribution in [3.8, 4) is 5.75 Å². The maximum Gasteiger partial charge on any atom is 0.115 e. The van der Waals surface area contributed by atoms with Crippen LogP contribution in [0.25, 0.3) is 0 Å². The minimum absolute atomic E-state index is 0.398. The van der Waals surface area contributed by atoms with Crippen molar-refractivity contribution in [3.63, 3.8) is 0 Å². The second kappa shape index (κ2) is 6.59. The minimum Gasteiger partial charge on any atom is -0.508 e. The van der Waals surface area contributed by atoms with Gasteiger partial charge in [0.2, 0.25) is 0 Å². The quantitative estimate of drug-likeness (QED) is 0.629. The summed E-state index contributed by atoms with van der Waals surface area (Å²) in [5, 5.41) is 20.7. The van der Waals surface area contributed by atoms with E-state index in [4.69, 9.17) is 0 Å². The first kappa shape index (κ1) is 16.3. The largest absolute Gasteiger partial charge is 0.508 e. The van der Waals surface area contributed by atoms with E-state index in [1.807, 2.05) is 24.3 Å². The molecule has 1 saturated carbocycles. The van der Waals surface area contributed by atoms with Gasteiger partial charge in [-0.15, -0.1) is 0 Å². The van der Waals surface area contributed by atoms with Gasteiger partial charge in [-0.05, 0) is 84.3 Å². The van der Waals surface area contributed by atoms with E-state index in [9.17, 15) is 10.2 Å². The van der Waals surface area contributed by atoms with E-state index in [-0.39, 0.29) is 0 Å². The molecule has 0 bridgehead atoms. The number of halogens is 1. The fraction of sp³-hybridized carbons (Fsp3) is 0.524. The number of allylic oxidation sites excluding steroid dienone is 3. The van der Waals surface area contributed by atoms with Crippen molar-refractivity contribution in [1.82, 2.24) is 0 Å². The molecule has 2 nitrogen and oxygen atoms in total. The number of benzene rings is 1. The van der Waals surface area contributed by atoms with Crippen molar-refractivity contribution >= 4 is 15.9 Å². The van der Waals surface area contributed by atoms with Crippen molar-refractivity contribution in [1.29, 1.82) is 0 Å². The zero-order valence-corrected chi connectivity index (χ0v) is 15.5. The molecule has 4 rings (SSSR count). The van der Waals surface area contributed by atoms with Gasteiger partial charge in [-0.3, -0.25) is 0 Å². The highest BCUT2D eigenvalue weighted by Gasteiger charge is 2.45. The van der Waals surface area contributed by atoms with Gasteiger partial charge in [-0.1, -0.05) is 40.9 Å². The van der Waals surface area contributed by atoms with Crippen molar-refractivity contribution in [2.24, 2.45) is 17.8 Å². The van der Waals surface area contributed by atoms with Gasteiger partial charge in [-0.25, -0.2) is 0 Å². The van der Waals surface area contributed by atoms with Crippen LogP contribution in [0.2, 0.25) is 0 Å². The first-order valence-corrected chi connectivity index (χ1v) is 10.3. The van der Waals surface area contributed by atoms with Gasteiger partial charge in [0.1, 0.15) is 11.5 Å². The van der Waals surface area contributed by atoms with Gasteiger partial charge < -0.3 is 10.2 Å². The molecule has 0 amide bonds. The second-order valence-electron chi connectivity index (χ2n) is 7.59. The number of hydrogen-bond acceptors (Lipinski definition) is 2. The normalized spacial score (nSPS) is 35.0. The van der Waals surface area contributed by atoms with Crippen LogP contribution in [0, 0.1) is 17.8 Å². The highest BCUT2D eigenvalue weighted by molar-refractivity contribution is 9.09. The molecule has 0 radical (unpaired) electrons. The average molecular weight is 389 g/mol. The van der Waals surface area contributed by atoms with Crippen molar-refractivity contribution < 1.29 is 10.2 Å². The smallest absolute Gasteiger partial charge is 0.115 e. The molecule has 0 saturated heterocycles. The molecule has 0 aliphatic heterocycles. The number of hydrogen-bond donors (Lipinski definition) is 2. The predicted molar refractivity (Wildman–Crippen MR) is 101 cm³/mol. The fourth-order valence-electron chi connectivity index (χ4n) is 5.45. The number of aliphatic hydroxyl groups excluding tert-OH is 1. The summed E-state index contributed by atoms with van der Waals surface area (Å²) in [4.78, 5) is 0. The van der Waals surface area contributed by atoms with E-state index in [0.29, 0.717) is 41.1 Å². The lowest BCUT2D eigenvalue weighted by Crippen LogP contribution is -2.39. The molecule has 1 unspecified atom stereocenters. The summed E-state index contributed by atoms with van der Waals surface area (Å²) in [6, 6.07) is 6.01. The van der Waals surface area contributed by atoms with Crippen LogP contribution in [0.1, 0.15) is 55.1 Å². The van der Waals surface area contributed by atoms with Gasteiger partial charge in [-0.2, -0.15) is 0 Å². The maximum absolute atomic E-state index is 10.0.